The lowest BCUT2D eigenvalue weighted by molar-refractivity contribution is -0.132. The van der Waals surface area contributed by atoms with Crippen LogP contribution in [0.4, 0.5) is 15.9 Å². The van der Waals surface area contributed by atoms with Crippen LogP contribution in [0.5, 0.6) is 0 Å². The highest BCUT2D eigenvalue weighted by atomic mass is 19.1. The van der Waals surface area contributed by atoms with Crippen LogP contribution in [0.1, 0.15) is 57.6 Å². The van der Waals surface area contributed by atoms with E-state index in [1.807, 2.05) is 48.8 Å². The molecule has 7 nitrogen and oxygen atoms in total. The molecule has 39 heavy (non-hydrogen) atoms. The third kappa shape index (κ3) is 4.70. The van der Waals surface area contributed by atoms with Crippen LogP contribution in [-0.4, -0.2) is 46.1 Å². The number of nitrogens with zero attached hydrogens (tertiary/aromatic N) is 4. The first-order valence-corrected chi connectivity index (χ1v) is 13.7. The topological polar surface area (TPSA) is 67.7 Å². The summed E-state index contributed by atoms with van der Waals surface area (Å²) in [6.45, 7) is 7.62. The number of rotatable bonds is 2. The monoisotopic (exact) mass is 528 g/mol. The summed E-state index contributed by atoms with van der Waals surface area (Å²) in [6, 6.07) is 10.5. The largest absolute Gasteiger partial charge is 0.375 e. The quantitative estimate of drug-likeness (QED) is 0.451. The minimum atomic E-state index is -0.577. The molecule has 0 N–H and O–H groups in total. The average molecular weight is 529 g/mol. The molecule has 0 bridgehead atoms. The summed E-state index contributed by atoms with van der Waals surface area (Å²) in [4.78, 5) is 34.3. The molecular weight excluding hydrogens is 495 g/mol. The number of aromatic nitrogens is 2. The van der Waals surface area contributed by atoms with Gasteiger partial charge in [-0.3, -0.25) is 9.36 Å². The van der Waals surface area contributed by atoms with E-state index in [9.17, 15) is 9.59 Å². The van der Waals surface area contributed by atoms with Gasteiger partial charge in [0.05, 0.1) is 30.2 Å². The van der Waals surface area contributed by atoms with Gasteiger partial charge in [-0.05, 0) is 70.7 Å². The van der Waals surface area contributed by atoms with Crippen LogP contribution < -0.4 is 10.6 Å². The van der Waals surface area contributed by atoms with E-state index in [2.05, 4.69) is 16.8 Å². The number of hydrogen-bond donors (Lipinski definition) is 0. The van der Waals surface area contributed by atoms with Crippen molar-refractivity contribution in [1.82, 2.24) is 14.5 Å². The number of anilines is 2. The molecule has 1 saturated heterocycles. The predicted octanol–water partition coefficient (Wildman–Crippen LogP) is 4.71. The Hall–Kier alpha value is -3.70. The van der Waals surface area contributed by atoms with Gasteiger partial charge >= 0.3 is 5.69 Å². The molecule has 3 aliphatic rings. The van der Waals surface area contributed by atoms with Crippen LogP contribution >= 0.6 is 0 Å². The molecule has 3 aromatic rings. The van der Waals surface area contributed by atoms with Crippen LogP contribution in [0.2, 0.25) is 0 Å². The highest BCUT2D eigenvalue weighted by Crippen LogP contribution is 2.37. The molecule has 8 heteroatoms. The van der Waals surface area contributed by atoms with Crippen molar-refractivity contribution in [3.05, 3.63) is 63.8 Å². The highest BCUT2D eigenvalue weighted by Gasteiger charge is 2.37. The number of fused-ring (bicyclic) bond motifs is 2. The third-order valence-corrected chi connectivity index (χ3v) is 7.76. The molecule has 2 fully saturated rings. The predicted molar refractivity (Wildman–Crippen MR) is 148 cm³/mol. The zero-order valence-electron chi connectivity index (χ0n) is 22.7. The zero-order valence-corrected chi connectivity index (χ0v) is 22.7. The summed E-state index contributed by atoms with van der Waals surface area (Å²) in [6.07, 6.45) is 3.81. The molecule has 1 amide bonds. The van der Waals surface area contributed by atoms with Gasteiger partial charge in [0.25, 0.3) is 0 Å². The molecule has 202 valence electrons. The van der Waals surface area contributed by atoms with Crippen molar-refractivity contribution >= 4 is 28.3 Å². The van der Waals surface area contributed by atoms with Gasteiger partial charge in [0, 0.05) is 41.4 Å². The van der Waals surface area contributed by atoms with Gasteiger partial charge < -0.3 is 14.5 Å². The Morgan fingerprint density at radius 2 is 1.90 bits per heavy atom. The van der Waals surface area contributed by atoms with E-state index in [0.29, 0.717) is 30.7 Å². The van der Waals surface area contributed by atoms with Gasteiger partial charge in [-0.1, -0.05) is 24.0 Å². The lowest BCUT2D eigenvalue weighted by Crippen LogP contribution is -2.37. The summed E-state index contributed by atoms with van der Waals surface area (Å²) < 4.78 is 22.9. The van der Waals surface area contributed by atoms with Gasteiger partial charge in [0.2, 0.25) is 5.91 Å². The fourth-order valence-corrected chi connectivity index (χ4v) is 5.74. The number of carbonyl (C=O) groups excluding carboxylic acids is 1. The lowest BCUT2D eigenvalue weighted by Gasteiger charge is -2.29. The first kappa shape index (κ1) is 25.6. The molecule has 1 aliphatic carbocycles. The fraction of sp³-hybridized carbons (Fsp3) is 0.452. The zero-order chi connectivity index (χ0) is 27.3. The van der Waals surface area contributed by atoms with Crippen LogP contribution in [-0.2, 0) is 21.7 Å². The Labute approximate surface area is 227 Å². The van der Waals surface area contributed by atoms with Gasteiger partial charge in [0.1, 0.15) is 5.82 Å². The Bertz CT molecular complexity index is 1570. The first-order chi connectivity index (χ1) is 18.7. The van der Waals surface area contributed by atoms with E-state index in [4.69, 9.17) is 4.74 Å². The first-order valence-electron chi connectivity index (χ1n) is 13.7. The van der Waals surface area contributed by atoms with E-state index in [-0.39, 0.29) is 23.7 Å². The van der Waals surface area contributed by atoms with Crippen LogP contribution in [0.15, 0.2) is 41.2 Å². The fourth-order valence-electron chi connectivity index (χ4n) is 5.74. The van der Waals surface area contributed by atoms with Crippen molar-refractivity contribution < 1.29 is 13.9 Å². The standard InChI is InChI=1S/C31H33FN4O3/c1-31(2,3)36-26-11-5-9-24(32)27(26)28(33-30(36)38)35-17-18-39-19-23-20(7-4-10-25(23)35)14-15-22-8-6-16-34(22)29(37)21-12-13-21/h4-5,7,9-11,21-22H,6,8,12-13,16-19H2,1-3H3. The Balaban J connectivity index is 1.44. The highest BCUT2D eigenvalue weighted by molar-refractivity contribution is 5.93. The molecule has 1 atom stereocenters. The molecule has 2 aliphatic heterocycles. The second kappa shape index (κ2) is 9.80. The van der Waals surface area contributed by atoms with Gasteiger partial charge in [0.15, 0.2) is 5.82 Å². The summed E-state index contributed by atoms with van der Waals surface area (Å²) in [5.41, 5.74) is 1.96. The maximum Gasteiger partial charge on any atom is 0.350 e. The van der Waals surface area contributed by atoms with Crippen LogP contribution in [0.3, 0.4) is 0 Å². The van der Waals surface area contributed by atoms with Crippen LogP contribution in [0, 0.1) is 23.6 Å². The number of amides is 1. The van der Waals surface area contributed by atoms with E-state index in [1.165, 1.54) is 6.07 Å². The normalized spacial score (nSPS) is 19.4. The maximum atomic E-state index is 15.4. The number of ether oxygens (including phenoxy) is 1. The SMILES string of the molecule is CC(C)(C)n1c(=O)nc(N2CCOCc3c(C#CC4CCCN4C(=O)C4CC4)cccc32)c2c(F)cccc21. The summed E-state index contributed by atoms with van der Waals surface area (Å²) in [7, 11) is 0. The number of halogens is 1. The Kier molecular flexibility index (Phi) is 6.43. The minimum Gasteiger partial charge on any atom is -0.375 e. The van der Waals surface area contributed by atoms with E-state index >= 15 is 4.39 Å². The number of hydrogen-bond acceptors (Lipinski definition) is 5. The molecular formula is C31H33FN4O3. The Morgan fingerprint density at radius 3 is 2.67 bits per heavy atom. The number of carbonyl (C=O) groups is 1. The number of benzene rings is 2. The third-order valence-electron chi connectivity index (χ3n) is 7.76. The number of likely N-dealkylation sites (tertiary alicyclic amines) is 1. The average Bonchev–Trinajstić information content (AvgIpc) is 3.67. The van der Waals surface area contributed by atoms with Gasteiger partial charge in [-0.15, -0.1) is 0 Å². The van der Waals surface area contributed by atoms with Gasteiger partial charge in [-0.2, -0.15) is 4.98 Å². The van der Waals surface area contributed by atoms with E-state index in [1.54, 1.807) is 16.7 Å². The van der Waals surface area contributed by atoms with Crippen molar-refractivity contribution in [3.8, 4) is 11.8 Å². The smallest absolute Gasteiger partial charge is 0.350 e. The molecule has 6 rings (SSSR count). The second-order valence-electron chi connectivity index (χ2n) is 11.6. The van der Waals surface area contributed by atoms with Crippen molar-refractivity contribution in [3.63, 3.8) is 0 Å². The van der Waals surface area contributed by atoms with Crippen LogP contribution in [0.25, 0.3) is 10.9 Å². The summed E-state index contributed by atoms with van der Waals surface area (Å²) in [5.74, 6) is 6.96. The molecule has 1 aromatic heterocycles. The second-order valence-corrected chi connectivity index (χ2v) is 11.6. The van der Waals surface area contributed by atoms with E-state index in [0.717, 1.165) is 49.0 Å². The molecule has 1 unspecified atom stereocenters. The molecule has 0 spiro atoms. The molecule has 2 aromatic carbocycles. The van der Waals surface area contributed by atoms with Gasteiger partial charge in [-0.25, -0.2) is 9.18 Å². The molecule has 0 radical (unpaired) electrons. The Morgan fingerprint density at radius 1 is 1.10 bits per heavy atom. The maximum absolute atomic E-state index is 15.4. The van der Waals surface area contributed by atoms with Crippen molar-refractivity contribution in [2.75, 3.05) is 24.6 Å². The molecule has 3 heterocycles. The molecule has 1 saturated carbocycles. The van der Waals surface area contributed by atoms with Crippen molar-refractivity contribution in [2.45, 2.75) is 64.6 Å². The van der Waals surface area contributed by atoms with Crippen molar-refractivity contribution in [2.24, 2.45) is 5.92 Å². The minimum absolute atomic E-state index is 0.0820. The lowest BCUT2D eigenvalue weighted by atomic mass is 10.0. The van der Waals surface area contributed by atoms with Crippen molar-refractivity contribution in [1.29, 1.82) is 0 Å². The summed E-state index contributed by atoms with van der Waals surface area (Å²) >= 11 is 0. The summed E-state index contributed by atoms with van der Waals surface area (Å²) in [5, 5.41) is 0.302. The van der Waals surface area contributed by atoms with E-state index < -0.39 is 17.0 Å².